The summed E-state index contributed by atoms with van der Waals surface area (Å²) in [6, 6.07) is 0. The van der Waals surface area contributed by atoms with Gasteiger partial charge in [0.25, 0.3) is 0 Å². The molecular formula is CH4BF4N. The van der Waals surface area contributed by atoms with Crippen molar-refractivity contribution in [2.45, 2.75) is 0 Å². The second-order valence-corrected chi connectivity index (χ2v) is 0.495. The predicted octanol–water partition coefficient (Wildman–Crippen LogP) is -0.254. The van der Waals surface area contributed by atoms with Crippen LogP contribution in [-0.2, 0) is 0 Å². The topological polar surface area (TPSA) is 25.6 Å². The highest BCUT2D eigenvalue weighted by Gasteiger charge is 2.20. The third-order valence-electron chi connectivity index (χ3n) is 0. The molecule has 0 aliphatic rings. The summed E-state index contributed by atoms with van der Waals surface area (Å²) in [5, 5.41) is 4.25. The molecule has 1 nitrogen and oxygen atoms in total. The van der Waals surface area contributed by atoms with Gasteiger partial charge in [0.05, 0.1) is 0 Å². The van der Waals surface area contributed by atoms with Gasteiger partial charge in [0.1, 0.15) is 6.72 Å². The molecule has 0 amide bonds. The molecular weight excluding hydrogens is 113 g/mol. The highest BCUT2D eigenvalue weighted by atomic mass is 19.5. The van der Waals surface area contributed by atoms with E-state index in [1.165, 1.54) is 0 Å². The minimum Gasteiger partial charge on any atom is -0.418 e. The zero-order valence-electron chi connectivity index (χ0n) is 3.37. The molecule has 0 aliphatic carbocycles. The molecule has 0 aromatic heterocycles. The molecule has 0 saturated carbocycles. The fourth-order valence-electron chi connectivity index (χ4n) is 0. The third-order valence-corrected chi connectivity index (χ3v) is 0. The van der Waals surface area contributed by atoms with E-state index < -0.39 is 7.25 Å². The van der Waals surface area contributed by atoms with Gasteiger partial charge in [-0.3, -0.25) is 5.41 Å². The van der Waals surface area contributed by atoms with Gasteiger partial charge >= 0.3 is 7.25 Å². The van der Waals surface area contributed by atoms with E-state index in [1.807, 2.05) is 0 Å². The summed E-state index contributed by atoms with van der Waals surface area (Å²) < 4.78 is 39.0. The van der Waals surface area contributed by atoms with E-state index in [0.717, 1.165) is 0 Å². The Bertz CT molecular complexity index is 35.4. The van der Waals surface area contributed by atoms with Crippen LogP contribution in [0.15, 0.2) is 0 Å². The molecule has 0 rings (SSSR count). The van der Waals surface area contributed by atoms with E-state index in [2.05, 4.69) is 12.1 Å². The van der Waals surface area contributed by atoms with Gasteiger partial charge in [0.15, 0.2) is 0 Å². The van der Waals surface area contributed by atoms with E-state index in [9.17, 15) is 17.3 Å². The summed E-state index contributed by atoms with van der Waals surface area (Å²) >= 11 is 0. The van der Waals surface area contributed by atoms with Gasteiger partial charge < -0.3 is 17.3 Å². The van der Waals surface area contributed by atoms with Crippen molar-refractivity contribution in [2.75, 3.05) is 0 Å². The van der Waals surface area contributed by atoms with Crippen LogP contribution >= 0.6 is 0 Å². The largest absolute Gasteiger partial charge is 0.673 e. The molecule has 0 aliphatic heterocycles. The summed E-state index contributed by atoms with van der Waals surface area (Å²) in [5.74, 6) is 0. The number of hydrogen-bond acceptors (Lipinski definition) is 0. The SMILES string of the molecule is C=[NH2+].F[B-](F)(F)F. The normalized spacial score (nSPS) is 9.14. The fraction of sp³-hybridized carbons (Fsp3) is 0. The van der Waals surface area contributed by atoms with E-state index in [-0.39, 0.29) is 0 Å². The van der Waals surface area contributed by atoms with Crippen LogP contribution in [0.2, 0.25) is 0 Å². The lowest BCUT2D eigenvalue weighted by molar-refractivity contribution is -0.0979. The lowest BCUT2D eigenvalue weighted by Crippen LogP contribution is -2.21. The third kappa shape index (κ3) is 219. The maximum absolute atomic E-state index is 9.75. The summed E-state index contributed by atoms with van der Waals surface area (Å²) in [6.45, 7) is 2.75. The first-order valence-corrected chi connectivity index (χ1v) is 1.28. The molecule has 0 bridgehead atoms. The lowest BCUT2D eigenvalue weighted by atomic mass is 10.3. The first-order valence-electron chi connectivity index (χ1n) is 1.28. The Morgan fingerprint density at radius 1 is 1.00 bits per heavy atom. The van der Waals surface area contributed by atoms with Crippen LogP contribution in [-0.4, -0.2) is 14.0 Å². The fourth-order valence-corrected chi connectivity index (χ4v) is 0. The zero-order chi connectivity index (χ0) is 6.50. The molecule has 0 heterocycles. The molecule has 44 valence electrons. The van der Waals surface area contributed by atoms with Gasteiger partial charge in [0, 0.05) is 0 Å². The summed E-state index contributed by atoms with van der Waals surface area (Å²) in [5.41, 5.74) is 0. The Kier molecular flexibility index (Phi) is 5.03. The Morgan fingerprint density at radius 3 is 1.00 bits per heavy atom. The molecule has 6 heteroatoms. The highest BCUT2D eigenvalue weighted by molar-refractivity contribution is 6.50. The monoisotopic (exact) mass is 117 g/mol. The van der Waals surface area contributed by atoms with Crippen molar-refractivity contribution in [1.82, 2.24) is 0 Å². The Balaban J connectivity index is 0. The van der Waals surface area contributed by atoms with Gasteiger partial charge in [-0.2, -0.15) is 0 Å². The minimum atomic E-state index is -6.00. The smallest absolute Gasteiger partial charge is 0.418 e. The van der Waals surface area contributed by atoms with Gasteiger partial charge in [-0.25, -0.2) is 0 Å². The lowest BCUT2D eigenvalue weighted by Gasteiger charge is -1.94. The number of rotatable bonds is 0. The Hall–Kier alpha value is -0.545. The van der Waals surface area contributed by atoms with Gasteiger partial charge in [-0.05, 0) is 0 Å². The first-order chi connectivity index (χ1) is 3.00. The van der Waals surface area contributed by atoms with E-state index in [4.69, 9.17) is 0 Å². The molecule has 0 fully saturated rings. The average molecular weight is 117 g/mol. The van der Waals surface area contributed by atoms with Crippen molar-refractivity contribution >= 4 is 14.0 Å². The number of halogens is 4. The molecule has 0 saturated heterocycles. The predicted molar refractivity (Wildman–Crippen MR) is 19.2 cm³/mol. The number of hydrogen-bond donors (Lipinski definition) is 1. The van der Waals surface area contributed by atoms with Crippen molar-refractivity contribution in [1.29, 1.82) is 0 Å². The van der Waals surface area contributed by atoms with Gasteiger partial charge in [-0.1, -0.05) is 0 Å². The van der Waals surface area contributed by atoms with Crippen LogP contribution in [0.5, 0.6) is 0 Å². The summed E-state index contributed by atoms with van der Waals surface area (Å²) in [6.07, 6.45) is 0. The standard InChI is InChI=1S/CH3N.BF4/c1-2;2-1(3,4)5/h2H,1H2;/q;-1/p+1. The van der Waals surface area contributed by atoms with E-state index >= 15 is 0 Å². The van der Waals surface area contributed by atoms with Crippen molar-refractivity contribution in [2.24, 2.45) is 0 Å². The van der Waals surface area contributed by atoms with Crippen LogP contribution < -0.4 is 5.41 Å². The second-order valence-electron chi connectivity index (χ2n) is 0.495. The highest BCUT2D eigenvalue weighted by Crippen LogP contribution is 2.06. The molecule has 0 atom stereocenters. The van der Waals surface area contributed by atoms with Crippen LogP contribution in [0.25, 0.3) is 0 Å². The van der Waals surface area contributed by atoms with E-state index in [0.29, 0.717) is 0 Å². The quantitative estimate of drug-likeness (QED) is 0.257. The summed E-state index contributed by atoms with van der Waals surface area (Å²) in [4.78, 5) is 0. The maximum atomic E-state index is 9.75. The molecule has 0 radical (unpaired) electrons. The molecule has 2 N–H and O–H groups in total. The minimum absolute atomic E-state index is 2.75. The summed E-state index contributed by atoms with van der Waals surface area (Å²) in [7, 11) is -6.00. The van der Waals surface area contributed by atoms with Crippen LogP contribution in [0, 0.1) is 0 Å². The van der Waals surface area contributed by atoms with Crippen LogP contribution in [0.3, 0.4) is 0 Å². The first kappa shape index (κ1) is 9.68. The second kappa shape index (κ2) is 3.64. The molecule has 0 unspecified atom stereocenters. The van der Waals surface area contributed by atoms with Crippen molar-refractivity contribution in [3.8, 4) is 0 Å². The molecule has 7 heavy (non-hydrogen) atoms. The van der Waals surface area contributed by atoms with Crippen molar-refractivity contribution in [3.05, 3.63) is 0 Å². The maximum Gasteiger partial charge on any atom is 0.673 e. The number of nitrogens with two attached hydrogens (primary N) is 1. The van der Waals surface area contributed by atoms with Gasteiger partial charge in [-0.15, -0.1) is 0 Å². The molecule has 0 aromatic carbocycles. The molecule has 0 spiro atoms. The molecule has 0 aromatic rings. The van der Waals surface area contributed by atoms with Crippen molar-refractivity contribution < 1.29 is 22.7 Å². The van der Waals surface area contributed by atoms with E-state index in [1.54, 1.807) is 0 Å². The average Bonchev–Trinajstić information content (AvgIpc) is 1.36. The Morgan fingerprint density at radius 2 is 1.00 bits per heavy atom. The van der Waals surface area contributed by atoms with Crippen molar-refractivity contribution in [3.63, 3.8) is 0 Å². The Labute approximate surface area is 37.9 Å². The van der Waals surface area contributed by atoms with Gasteiger partial charge in [0.2, 0.25) is 0 Å². The zero-order valence-corrected chi connectivity index (χ0v) is 3.37. The van der Waals surface area contributed by atoms with Crippen LogP contribution in [0.1, 0.15) is 0 Å². The van der Waals surface area contributed by atoms with Crippen LogP contribution in [0.4, 0.5) is 17.3 Å².